The molecule has 1 aliphatic heterocycles. The van der Waals surface area contributed by atoms with Crippen LogP contribution in [0.15, 0.2) is 66.7 Å². The molecule has 8 nitrogen and oxygen atoms in total. The highest BCUT2D eigenvalue weighted by Gasteiger charge is 2.26. The van der Waals surface area contributed by atoms with Gasteiger partial charge in [0.1, 0.15) is 5.75 Å². The number of benzene rings is 3. The van der Waals surface area contributed by atoms with Crippen molar-refractivity contribution < 1.29 is 28.5 Å². The van der Waals surface area contributed by atoms with Crippen LogP contribution in [0.25, 0.3) is 5.57 Å². The molecule has 0 bridgehead atoms. The quantitative estimate of drug-likeness (QED) is 0.375. The Hall–Kier alpha value is -4.17. The Morgan fingerprint density at radius 2 is 1.31 bits per heavy atom. The molecule has 3 aromatic carbocycles. The molecule has 1 heterocycles. The first-order valence-corrected chi connectivity index (χ1v) is 12.8. The van der Waals surface area contributed by atoms with Crippen LogP contribution >= 0.6 is 11.6 Å². The summed E-state index contributed by atoms with van der Waals surface area (Å²) in [6.07, 6.45) is 1.62. The smallest absolute Gasteiger partial charge is 0.254 e. The lowest BCUT2D eigenvalue weighted by Crippen LogP contribution is -2.50. The van der Waals surface area contributed by atoms with Crippen LogP contribution in [0.2, 0.25) is 5.02 Å². The summed E-state index contributed by atoms with van der Waals surface area (Å²) >= 11 is 6.26. The molecule has 2 amide bonds. The molecule has 204 valence electrons. The molecule has 0 spiro atoms. The van der Waals surface area contributed by atoms with E-state index in [0.717, 1.165) is 16.7 Å². The molecular formula is C30H31ClN2O6. The van der Waals surface area contributed by atoms with Gasteiger partial charge >= 0.3 is 0 Å². The van der Waals surface area contributed by atoms with Crippen LogP contribution in [0.5, 0.6) is 23.0 Å². The number of piperazine rings is 1. The van der Waals surface area contributed by atoms with Gasteiger partial charge in [0.25, 0.3) is 5.91 Å². The Balaban J connectivity index is 1.53. The second-order valence-corrected chi connectivity index (χ2v) is 9.27. The van der Waals surface area contributed by atoms with Crippen molar-refractivity contribution in [2.24, 2.45) is 0 Å². The van der Waals surface area contributed by atoms with E-state index in [1.165, 1.54) is 21.3 Å². The van der Waals surface area contributed by atoms with Crippen molar-refractivity contribution in [1.82, 2.24) is 9.80 Å². The molecular weight excluding hydrogens is 520 g/mol. The number of carbonyl (C=O) groups excluding carboxylic acids is 2. The first-order chi connectivity index (χ1) is 18.9. The van der Waals surface area contributed by atoms with Crippen molar-refractivity contribution in [1.29, 1.82) is 0 Å². The predicted molar refractivity (Wildman–Crippen MR) is 150 cm³/mol. The lowest BCUT2D eigenvalue weighted by molar-refractivity contribution is -0.127. The molecule has 39 heavy (non-hydrogen) atoms. The Bertz CT molecular complexity index is 1360. The van der Waals surface area contributed by atoms with Gasteiger partial charge in [0.2, 0.25) is 11.7 Å². The summed E-state index contributed by atoms with van der Waals surface area (Å²) in [6, 6.07) is 18.2. The third kappa shape index (κ3) is 6.29. The van der Waals surface area contributed by atoms with Crippen LogP contribution in [0.3, 0.4) is 0 Å². The largest absolute Gasteiger partial charge is 0.497 e. The molecule has 1 fully saturated rings. The average molecular weight is 551 g/mol. The summed E-state index contributed by atoms with van der Waals surface area (Å²) in [4.78, 5) is 30.2. The number of halogens is 1. The lowest BCUT2D eigenvalue weighted by Gasteiger charge is -2.34. The van der Waals surface area contributed by atoms with Gasteiger partial charge in [-0.05, 0) is 53.1 Å². The topological polar surface area (TPSA) is 77.5 Å². The molecule has 9 heteroatoms. The van der Waals surface area contributed by atoms with E-state index in [-0.39, 0.29) is 11.8 Å². The number of amides is 2. The van der Waals surface area contributed by atoms with E-state index < -0.39 is 0 Å². The first kappa shape index (κ1) is 27.9. The van der Waals surface area contributed by atoms with Crippen molar-refractivity contribution in [3.63, 3.8) is 0 Å². The molecule has 0 aromatic heterocycles. The van der Waals surface area contributed by atoms with E-state index in [1.54, 1.807) is 41.2 Å². The molecule has 0 unspecified atom stereocenters. The van der Waals surface area contributed by atoms with Crippen LogP contribution in [-0.4, -0.2) is 76.2 Å². The third-order valence-corrected chi connectivity index (χ3v) is 6.81. The predicted octanol–water partition coefficient (Wildman–Crippen LogP) is 4.79. The molecule has 0 aliphatic carbocycles. The van der Waals surface area contributed by atoms with Gasteiger partial charge in [-0.15, -0.1) is 0 Å². The highest BCUT2D eigenvalue weighted by atomic mass is 35.5. The number of hydrogen-bond donors (Lipinski definition) is 0. The molecule has 0 atom stereocenters. The van der Waals surface area contributed by atoms with Crippen molar-refractivity contribution in [2.75, 3.05) is 54.6 Å². The van der Waals surface area contributed by atoms with Gasteiger partial charge < -0.3 is 28.7 Å². The van der Waals surface area contributed by atoms with Crippen molar-refractivity contribution in [3.8, 4) is 23.0 Å². The Morgan fingerprint density at radius 3 is 1.87 bits per heavy atom. The Morgan fingerprint density at radius 1 is 0.718 bits per heavy atom. The summed E-state index contributed by atoms with van der Waals surface area (Å²) in [6.45, 7) is 1.57. The molecule has 4 rings (SSSR count). The molecule has 1 aliphatic rings. The fourth-order valence-electron chi connectivity index (χ4n) is 4.51. The van der Waals surface area contributed by atoms with Gasteiger partial charge in [-0.3, -0.25) is 9.59 Å². The SMILES string of the molecule is COc1cccc(C(=CC(=O)N2CCN(C(=O)c3cc(OC)c(OC)c(OC)c3)CC2)c2cccc(Cl)c2)c1. The van der Waals surface area contributed by atoms with Crippen molar-refractivity contribution in [3.05, 3.63) is 88.5 Å². The third-order valence-electron chi connectivity index (χ3n) is 6.57. The summed E-state index contributed by atoms with van der Waals surface area (Å²) in [5, 5.41) is 0.577. The molecule has 0 N–H and O–H groups in total. The first-order valence-electron chi connectivity index (χ1n) is 12.4. The van der Waals surface area contributed by atoms with Crippen LogP contribution in [0, 0.1) is 0 Å². The number of carbonyl (C=O) groups is 2. The normalized spacial score (nSPS) is 13.6. The zero-order chi connectivity index (χ0) is 27.9. The number of methoxy groups -OCH3 is 4. The maximum absolute atomic E-state index is 13.4. The summed E-state index contributed by atoms with van der Waals surface area (Å²) in [7, 11) is 6.13. The highest BCUT2D eigenvalue weighted by Crippen LogP contribution is 2.38. The van der Waals surface area contributed by atoms with Crippen LogP contribution in [0.1, 0.15) is 21.5 Å². The van der Waals surface area contributed by atoms with E-state index in [0.29, 0.717) is 59.8 Å². The van der Waals surface area contributed by atoms with Crippen molar-refractivity contribution >= 4 is 29.0 Å². The minimum Gasteiger partial charge on any atom is -0.497 e. The number of rotatable bonds is 8. The maximum atomic E-state index is 13.4. The fourth-order valence-corrected chi connectivity index (χ4v) is 4.70. The van der Waals surface area contributed by atoms with Gasteiger partial charge in [-0.2, -0.15) is 0 Å². The van der Waals surface area contributed by atoms with E-state index in [1.807, 2.05) is 42.5 Å². The molecule has 0 radical (unpaired) electrons. The second-order valence-electron chi connectivity index (χ2n) is 8.83. The zero-order valence-corrected chi connectivity index (χ0v) is 23.2. The maximum Gasteiger partial charge on any atom is 0.254 e. The average Bonchev–Trinajstić information content (AvgIpc) is 2.98. The standard InChI is InChI=1S/C30H31ClN2O6/c1-36-24-10-6-8-21(16-24)25(20-7-5-9-23(31)15-20)19-28(34)32-11-13-33(14-12-32)30(35)22-17-26(37-2)29(39-4)27(18-22)38-3/h5-10,15-19H,11-14H2,1-4H3. The van der Waals surface area contributed by atoms with Crippen LogP contribution in [0.4, 0.5) is 0 Å². The van der Waals surface area contributed by atoms with Gasteiger partial charge in [-0.25, -0.2) is 0 Å². The van der Waals surface area contributed by atoms with Gasteiger partial charge in [0.05, 0.1) is 28.4 Å². The zero-order valence-electron chi connectivity index (χ0n) is 22.4. The van der Waals surface area contributed by atoms with E-state index in [2.05, 4.69) is 0 Å². The summed E-state index contributed by atoms with van der Waals surface area (Å²) in [5.74, 6) is 1.60. The number of ether oxygens (including phenoxy) is 4. The number of hydrogen-bond acceptors (Lipinski definition) is 6. The van der Waals surface area contributed by atoms with Gasteiger partial charge in [0, 0.05) is 42.8 Å². The summed E-state index contributed by atoms with van der Waals surface area (Å²) in [5.41, 5.74) is 2.81. The van der Waals surface area contributed by atoms with Crippen LogP contribution < -0.4 is 18.9 Å². The highest BCUT2D eigenvalue weighted by molar-refractivity contribution is 6.30. The van der Waals surface area contributed by atoms with Gasteiger partial charge in [0.15, 0.2) is 11.5 Å². The molecule has 3 aromatic rings. The van der Waals surface area contributed by atoms with E-state index in [4.69, 9.17) is 30.5 Å². The number of nitrogens with zero attached hydrogens (tertiary/aromatic N) is 2. The Labute approximate surface area is 233 Å². The Kier molecular flexibility index (Phi) is 8.99. The molecule has 0 saturated carbocycles. The second kappa shape index (κ2) is 12.6. The minimum atomic E-state index is -0.173. The monoisotopic (exact) mass is 550 g/mol. The van der Waals surface area contributed by atoms with Gasteiger partial charge in [-0.1, -0.05) is 35.9 Å². The summed E-state index contributed by atoms with van der Waals surface area (Å²) < 4.78 is 21.5. The van der Waals surface area contributed by atoms with Crippen LogP contribution in [-0.2, 0) is 4.79 Å². The minimum absolute atomic E-state index is 0.146. The lowest BCUT2D eigenvalue weighted by atomic mass is 9.97. The fraction of sp³-hybridized carbons (Fsp3) is 0.267. The van der Waals surface area contributed by atoms with Crippen molar-refractivity contribution in [2.45, 2.75) is 0 Å². The van der Waals surface area contributed by atoms with E-state index in [9.17, 15) is 9.59 Å². The molecule has 1 saturated heterocycles. The van der Waals surface area contributed by atoms with E-state index >= 15 is 0 Å².